The third-order valence-electron chi connectivity index (χ3n) is 5.73. The minimum Gasteiger partial charge on any atom is -0.491 e. The lowest BCUT2D eigenvalue weighted by Crippen LogP contribution is -2.48. The Morgan fingerprint density at radius 1 is 1.42 bits per heavy atom. The molecule has 1 aromatic heterocycles. The Morgan fingerprint density at radius 3 is 3.03 bits per heavy atom. The Hall–Kier alpha value is -2.19. The Morgan fingerprint density at radius 2 is 2.27 bits per heavy atom. The van der Waals surface area contributed by atoms with E-state index in [1.54, 1.807) is 17.4 Å². The smallest absolute Gasteiger partial charge is 0.237 e. The molecule has 1 aliphatic heterocycles. The molecule has 0 saturated heterocycles. The standard InChI is InChI=1S/C26H36N2O4S/c1-4-11-27(16-21(29)18-31-13-5-2)17-26(30)28-12-9-25-23(10-14-33-25)24(28)19-32-22-8-6-7-20(3)15-22/h5-8,10,14-15,21,24,29H,2,4,9,11-13,16-19H2,1,3H3. The van der Waals surface area contributed by atoms with E-state index in [1.807, 2.05) is 41.0 Å². The third kappa shape index (κ3) is 7.40. The van der Waals surface area contributed by atoms with Crippen LogP contribution in [0.4, 0.5) is 0 Å². The Labute approximate surface area is 201 Å². The number of hydrogen-bond donors (Lipinski definition) is 1. The van der Waals surface area contributed by atoms with Gasteiger partial charge in [0, 0.05) is 18.0 Å². The van der Waals surface area contributed by atoms with Crippen molar-refractivity contribution in [3.63, 3.8) is 0 Å². The fraction of sp³-hybridized carbons (Fsp3) is 0.500. The first-order chi connectivity index (χ1) is 16.0. The van der Waals surface area contributed by atoms with E-state index in [0.29, 0.717) is 26.3 Å². The maximum atomic E-state index is 13.4. The number of carbonyl (C=O) groups is 1. The first kappa shape index (κ1) is 25.4. The molecule has 2 atom stereocenters. The number of carbonyl (C=O) groups excluding carboxylic acids is 1. The van der Waals surface area contributed by atoms with E-state index in [0.717, 1.165) is 30.7 Å². The Bertz CT molecular complexity index is 900. The zero-order valence-electron chi connectivity index (χ0n) is 19.7. The van der Waals surface area contributed by atoms with Crippen molar-refractivity contribution in [2.24, 2.45) is 0 Å². The van der Waals surface area contributed by atoms with Gasteiger partial charge in [0.15, 0.2) is 0 Å². The van der Waals surface area contributed by atoms with Crippen molar-refractivity contribution in [3.8, 4) is 5.75 Å². The lowest BCUT2D eigenvalue weighted by Gasteiger charge is -2.37. The van der Waals surface area contributed by atoms with Crippen LogP contribution >= 0.6 is 11.3 Å². The Kier molecular flexibility index (Phi) is 9.94. The highest BCUT2D eigenvalue weighted by Crippen LogP contribution is 2.34. The van der Waals surface area contributed by atoms with E-state index < -0.39 is 6.10 Å². The highest BCUT2D eigenvalue weighted by atomic mass is 32.1. The van der Waals surface area contributed by atoms with Gasteiger partial charge in [0.1, 0.15) is 12.4 Å². The molecule has 33 heavy (non-hydrogen) atoms. The molecule has 1 aromatic carbocycles. The van der Waals surface area contributed by atoms with Crippen LogP contribution in [0.15, 0.2) is 48.4 Å². The molecular weight excluding hydrogens is 436 g/mol. The normalized spacial score (nSPS) is 16.5. The predicted octanol–water partition coefficient (Wildman–Crippen LogP) is 3.84. The fourth-order valence-electron chi connectivity index (χ4n) is 4.23. The number of aliphatic hydroxyl groups excluding tert-OH is 1. The van der Waals surface area contributed by atoms with E-state index in [4.69, 9.17) is 9.47 Å². The fourth-order valence-corrected chi connectivity index (χ4v) is 5.15. The quantitative estimate of drug-likeness (QED) is 0.355. The number of hydrogen-bond acceptors (Lipinski definition) is 6. The molecular formula is C26H36N2O4S. The van der Waals surface area contributed by atoms with Gasteiger partial charge in [-0.25, -0.2) is 0 Å². The minimum absolute atomic E-state index is 0.0670. The molecule has 1 aliphatic rings. The summed E-state index contributed by atoms with van der Waals surface area (Å²) in [5, 5.41) is 12.4. The van der Waals surface area contributed by atoms with Crippen molar-refractivity contribution in [1.29, 1.82) is 0 Å². The summed E-state index contributed by atoms with van der Waals surface area (Å²) < 4.78 is 11.5. The molecule has 0 radical (unpaired) electrons. The van der Waals surface area contributed by atoms with E-state index in [2.05, 4.69) is 24.9 Å². The van der Waals surface area contributed by atoms with Gasteiger partial charge in [-0.2, -0.15) is 0 Å². The van der Waals surface area contributed by atoms with Crippen molar-refractivity contribution in [2.75, 3.05) is 46.0 Å². The lowest BCUT2D eigenvalue weighted by atomic mass is 10.0. The van der Waals surface area contributed by atoms with E-state index >= 15 is 0 Å². The number of ether oxygens (including phenoxy) is 2. The number of aryl methyl sites for hydroxylation is 1. The van der Waals surface area contributed by atoms with Crippen molar-refractivity contribution in [3.05, 3.63) is 64.4 Å². The third-order valence-corrected chi connectivity index (χ3v) is 6.72. The second-order valence-electron chi connectivity index (χ2n) is 8.49. The van der Waals surface area contributed by atoms with Crippen LogP contribution in [0.25, 0.3) is 0 Å². The lowest BCUT2D eigenvalue weighted by molar-refractivity contribution is -0.136. The summed E-state index contributed by atoms with van der Waals surface area (Å²) in [5.41, 5.74) is 2.33. The van der Waals surface area contributed by atoms with Crippen LogP contribution in [0.5, 0.6) is 5.75 Å². The summed E-state index contributed by atoms with van der Waals surface area (Å²) >= 11 is 1.75. The average Bonchev–Trinajstić information content (AvgIpc) is 3.27. The minimum atomic E-state index is -0.644. The van der Waals surface area contributed by atoms with Crippen LogP contribution in [-0.4, -0.2) is 72.9 Å². The summed E-state index contributed by atoms with van der Waals surface area (Å²) in [6.07, 6.45) is 2.79. The second kappa shape index (κ2) is 12.9. The van der Waals surface area contributed by atoms with Crippen LogP contribution in [-0.2, 0) is 16.0 Å². The molecule has 0 saturated carbocycles. The number of amides is 1. The first-order valence-electron chi connectivity index (χ1n) is 11.7. The molecule has 0 spiro atoms. The molecule has 2 heterocycles. The number of fused-ring (bicyclic) bond motifs is 1. The van der Waals surface area contributed by atoms with Crippen LogP contribution in [0, 0.1) is 6.92 Å². The molecule has 6 nitrogen and oxygen atoms in total. The van der Waals surface area contributed by atoms with Crippen LogP contribution < -0.4 is 4.74 Å². The van der Waals surface area contributed by atoms with Crippen molar-refractivity contribution < 1.29 is 19.4 Å². The second-order valence-corrected chi connectivity index (χ2v) is 9.50. The monoisotopic (exact) mass is 472 g/mol. The molecule has 3 rings (SSSR count). The summed E-state index contributed by atoms with van der Waals surface area (Å²) in [7, 11) is 0. The highest BCUT2D eigenvalue weighted by Gasteiger charge is 2.33. The van der Waals surface area contributed by atoms with E-state index in [1.165, 1.54) is 10.4 Å². The van der Waals surface area contributed by atoms with Gasteiger partial charge in [0.2, 0.25) is 5.91 Å². The van der Waals surface area contributed by atoms with Crippen LogP contribution in [0.2, 0.25) is 0 Å². The molecule has 0 fully saturated rings. The Balaban J connectivity index is 1.67. The topological polar surface area (TPSA) is 62.2 Å². The maximum Gasteiger partial charge on any atom is 0.237 e. The molecule has 1 amide bonds. The SMILES string of the molecule is C=CCOCC(O)CN(CCC)CC(=O)N1CCc2sccc2C1COc1cccc(C)c1. The van der Waals surface area contributed by atoms with Gasteiger partial charge >= 0.3 is 0 Å². The average molecular weight is 473 g/mol. The molecule has 0 aliphatic carbocycles. The van der Waals surface area contributed by atoms with Gasteiger partial charge < -0.3 is 19.5 Å². The highest BCUT2D eigenvalue weighted by molar-refractivity contribution is 7.10. The zero-order valence-corrected chi connectivity index (χ0v) is 20.6. The zero-order chi connectivity index (χ0) is 23.6. The largest absolute Gasteiger partial charge is 0.491 e. The van der Waals surface area contributed by atoms with Gasteiger partial charge in [-0.05, 0) is 61.0 Å². The molecule has 0 bridgehead atoms. The number of benzene rings is 1. The van der Waals surface area contributed by atoms with E-state index in [9.17, 15) is 9.90 Å². The molecule has 2 aromatic rings. The molecule has 180 valence electrons. The number of aliphatic hydroxyl groups is 1. The van der Waals surface area contributed by atoms with Gasteiger partial charge in [-0.3, -0.25) is 9.69 Å². The first-order valence-corrected chi connectivity index (χ1v) is 12.5. The van der Waals surface area contributed by atoms with Gasteiger partial charge in [0.05, 0.1) is 31.9 Å². The summed E-state index contributed by atoms with van der Waals surface area (Å²) in [6.45, 7) is 10.9. The number of thiophene rings is 1. The van der Waals surface area contributed by atoms with E-state index in [-0.39, 0.29) is 25.1 Å². The van der Waals surface area contributed by atoms with Crippen molar-refractivity contribution in [1.82, 2.24) is 9.80 Å². The van der Waals surface area contributed by atoms with Crippen molar-refractivity contribution in [2.45, 2.75) is 38.8 Å². The summed E-state index contributed by atoms with van der Waals surface area (Å²) in [4.78, 5) is 18.7. The van der Waals surface area contributed by atoms with Gasteiger partial charge in [-0.15, -0.1) is 17.9 Å². The number of nitrogens with zero attached hydrogens (tertiary/aromatic N) is 2. The number of rotatable bonds is 13. The molecule has 2 unspecified atom stereocenters. The van der Waals surface area contributed by atoms with Crippen LogP contribution in [0.1, 0.15) is 35.4 Å². The molecule has 1 N–H and O–H groups in total. The van der Waals surface area contributed by atoms with Crippen LogP contribution in [0.3, 0.4) is 0 Å². The summed E-state index contributed by atoms with van der Waals surface area (Å²) in [5.74, 6) is 0.886. The maximum absolute atomic E-state index is 13.4. The summed E-state index contributed by atoms with van der Waals surface area (Å²) in [6, 6.07) is 10.0. The van der Waals surface area contributed by atoms with Gasteiger partial charge in [-0.1, -0.05) is 25.1 Å². The van der Waals surface area contributed by atoms with Gasteiger partial charge in [0.25, 0.3) is 0 Å². The van der Waals surface area contributed by atoms with Crippen molar-refractivity contribution >= 4 is 17.2 Å². The molecule has 7 heteroatoms. The predicted molar refractivity (Wildman–Crippen MR) is 133 cm³/mol.